The Hall–Kier alpha value is -0.920. The third kappa shape index (κ3) is 4.14. The van der Waals surface area contributed by atoms with Crippen LogP contribution in [-0.4, -0.2) is 33.0 Å². The van der Waals surface area contributed by atoms with E-state index in [1.807, 2.05) is 0 Å². The molecule has 1 amide bonds. The van der Waals surface area contributed by atoms with E-state index < -0.39 is 0 Å². The number of carbonyl (C=O) groups is 1. The summed E-state index contributed by atoms with van der Waals surface area (Å²) >= 11 is 19.1. The van der Waals surface area contributed by atoms with Gasteiger partial charge in [0.25, 0.3) is 0 Å². The van der Waals surface area contributed by atoms with Crippen molar-refractivity contribution in [2.45, 2.75) is 25.4 Å². The Balaban J connectivity index is 1.69. The van der Waals surface area contributed by atoms with Gasteiger partial charge in [-0.15, -0.1) is 5.10 Å². The summed E-state index contributed by atoms with van der Waals surface area (Å²) in [6.45, 7) is 1.34. The van der Waals surface area contributed by atoms with Gasteiger partial charge in [-0.1, -0.05) is 39.3 Å². The highest BCUT2D eigenvalue weighted by molar-refractivity contribution is 7.10. The van der Waals surface area contributed by atoms with Crippen LogP contribution in [0.2, 0.25) is 14.4 Å². The SMILES string of the molecule is O=C(Nc1cc(Cl)cc(Cl)c1)[C@@H]1CCCN1Cc1nnsc1Cl. The maximum absolute atomic E-state index is 12.6. The number of nitrogens with one attached hydrogen (secondary N) is 1. The van der Waals surface area contributed by atoms with E-state index in [-0.39, 0.29) is 11.9 Å². The maximum Gasteiger partial charge on any atom is 0.241 e. The smallest absolute Gasteiger partial charge is 0.241 e. The van der Waals surface area contributed by atoms with Gasteiger partial charge in [0.15, 0.2) is 0 Å². The summed E-state index contributed by atoms with van der Waals surface area (Å²) in [5, 5.41) is 7.85. The molecule has 1 N–H and O–H groups in total. The molecule has 0 radical (unpaired) electrons. The van der Waals surface area contributed by atoms with Crippen molar-refractivity contribution in [3.63, 3.8) is 0 Å². The van der Waals surface area contributed by atoms with Crippen LogP contribution in [0.5, 0.6) is 0 Å². The molecular weight excluding hydrogens is 379 g/mol. The first-order valence-corrected chi connectivity index (χ1v) is 8.91. The fourth-order valence-electron chi connectivity index (χ4n) is 2.65. The zero-order chi connectivity index (χ0) is 16.4. The fourth-order valence-corrected chi connectivity index (χ4v) is 3.79. The molecule has 0 unspecified atom stereocenters. The number of hydrogen-bond acceptors (Lipinski definition) is 5. The number of amides is 1. The molecule has 0 aliphatic carbocycles. The van der Waals surface area contributed by atoms with Crippen molar-refractivity contribution in [3.8, 4) is 0 Å². The van der Waals surface area contributed by atoms with Gasteiger partial charge in [0.1, 0.15) is 10.0 Å². The Morgan fingerprint density at radius 2 is 2.04 bits per heavy atom. The van der Waals surface area contributed by atoms with E-state index in [0.29, 0.717) is 32.3 Å². The number of aromatic nitrogens is 2. The monoisotopic (exact) mass is 390 g/mol. The minimum Gasteiger partial charge on any atom is -0.325 e. The molecule has 1 aromatic carbocycles. The third-order valence-corrected chi connectivity index (χ3v) is 5.08. The molecule has 0 saturated carbocycles. The lowest BCUT2D eigenvalue weighted by Gasteiger charge is -2.22. The molecule has 1 aromatic heterocycles. The number of likely N-dealkylation sites (tertiary alicyclic amines) is 1. The van der Waals surface area contributed by atoms with Crippen LogP contribution in [0.25, 0.3) is 0 Å². The van der Waals surface area contributed by atoms with Crippen molar-refractivity contribution >= 4 is 57.9 Å². The number of nitrogens with zero attached hydrogens (tertiary/aromatic N) is 3. The third-order valence-electron chi connectivity index (χ3n) is 3.66. The number of hydrogen-bond donors (Lipinski definition) is 1. The molecule has 0 spiro atoms. The molecule has 1 aliphatic rings. The van der Waals surface area contributed by atoms with Crippen LogP contribution in [0.3, 0.4) is 0 Å². The summed E-state index contributed by atoms with van der Waals surface area (Å²) in [4.78, 5) is 14.6. The highest BCUT2D eigenvalue weighted by Crippen LogP contribution is 2.26. The summed E-state index contributed by atoms with van der Waals surface area (Å²) in [5.74, 6) is -0.0832. The number of rotatable bonds is 4. The van der Waals surface area contributed by atoms with E-state index in [1.54, 1.807) is 18.2 Å². The minimum absolute atomic E-state index is 0.0832. The van der Waals surface area contributed by atoms with Crippen molar-refractivity contribution in [2.24, 2.45) is 0 Å². The molecule has 1 atom stereocenters. The Bertz CT molecular complexity index is 704. The fraction of sp³-hybridized carbons (Fsp3) is 0.357. The van der Waals surface area contributed by atoms with Gasteiger partial charge in [-0.25, -0.2) is 0 Å². The first-order valence-electron chi connectivity index (χ1n) is 7.00. The first kappa shape index (κ1) is 16.9. The van der Waals surface area contributed by atoms with Crippen LogP contribution in [0.15, 0.2) is 18.2 Å². The van der Waals surface area contributed by atoms with Crippen molar-refractivity contribution in [3.05, 3.63) is 38.3 Å². The van der Waals surface area contributed by atoms with Gasteiger partial charge in [0.2, 0.25) is 5.91 Å². The summed E-state index contributed by atoms with van der Waals surface area (Å²) in [6.07, 6.45) is 1.74. The van der Waals surface area contributed by atoms with Gasteiger partial charge in [-0.2, -0.15) is 0 Å². The average Bonchev–Trinajstić information content (AvgIpc) is 3.08. The van der Waals surface area contributed by atoms with Gasteiger partial charge in [0.05, 0.1) is 6.04 Å². The molecule has 9 heteroatoms. The second-order valence-corrected chi connectivity index (χ2v) is 7.50. The van der Waals surface area contributed by atoms with Gasteiger partial charge in [-0.05, 0) is 37.6 Å². The topological polar surface area (TPSA) is 58.1 Å². The van der Waals surface area contributed by atoms with E-state index >= 15 is 0 Å². The molecular formula is C14H13Cl3N4OS. The minimum atomic E-state index is -0.231. The molecule has 23 heavy (non-hydrogen) atoms. The van der Waals surface area contributed by atoms with Gasteiger partial charge < -0.3 is 5.32 Å². The van der Waals surface area contributed by atoms with Crippen molar-refractivity contribution in [1.29, 1.82) is 0 Å². The molecule has 2 heterocycles. The van der Waals surface area contributed by atoms with Crippen LogP contribution in [0.4, 0.5) is 5.69 Å². The highest BCUT2D eigenvalue weighted by Gasteiger charge is 2.31. The average molecular weight is 392 g/mol. The molecule has 0 bridgehead atoms. The lowest BCUT2D eigenvalue weighted by atomic mass is 10.2. The van der Waals surface area contributed by atoms with E-state index in [1.165, 1.54) is 0 Å². The Kier molecular flexibility index (Phi) is 5.38. The maximum atomic E-state index is 12.6. The molecule has 122 valence electrons. The van der Waals surface area contributed by atoms with Gasteiger partial charge in [-0.3, -0.25) is 9.69 Å². The molecule has 1 fully saturated rings. The summed E-state index contributed by atoms with van der Waals surface area (Å²) in [6, 6.07) is 4.74. The zero-order valence-corrected chi connectivity index (χ0v) is 15.0. The second-order valence-electron chi connectivity index (χ2n) is 5.27. The standard InChI is InChI=1S/C14H13Cl3N4OS/c15-8-4-9(16)6-10(5-8)18-14(22)12-2-1-3-21(12)7-11-13(17)23-20-19-11/h4-6,12H,1-3,7H2,(H,18,22)/t12-/m0/s1. The Morgan fingerprint density at radius 3 is 2.70 bits per heavy atom. The lowest BCUT2D eigenvalue weighted by molar-refractivity contribution is -0.120. The van der Waals surface area contributed by atoms with E-state index in [4.69, 9.17) is 34.8 Å². The molecule has 2 aromatic rings. The van der Waals surface area contributed by atoms with E-state index in [2.05, 4.69) is 19.8 Å². The van der Waals surface area contributed by atoms with E-state index in [9.17, 15) is 4.79 Å². The van der Waals surface area contributed by atoms with Crippen LogP contribution >= 0.6 is 46.3 Å². The van der Waals surface area contributed by atoms with Gasteiger partial charge >= 0.3 is 0 Å². The number of halogens is 3. The second kappa shape index (κ2) is 7.32. The largest absolute Gasteiger partial charge is 0.325 e. The first-order chi connectivity index (χ1) is 11.0. The van der Waals surface area contributed by atoms with Crippen LogP contribution < -0.4 is 5.32 Å². The predicted octanol–water partition coefficient (Wildman–Crippen LogP) is 4.10. The highest BCUT2D eigenvalue weighted by atomic mass is 35.5. The normalized spacial score (nSPS) is 18.3. The molecule has 1 saturated heterocycles. The quantitative estimate of drug-likeness (QED) is 0.852. The number of benzene rings is 1. The molecule has 5 nitrogen and oxygen atoms in total. The number of anilines is 1. The summed E-state index contributed by atoms with van der Waals surface area (Å²) in [7, 11) is 0. The van der Waals surface area contributed by atoms with Gasteiger partial charge in [0, 0.05) is 33.8 Å². The van der Waals surface area contributed by atoms with E-state index in [0.717, 1.165) is 30.9 Å². The van der Waals surface area contributed by atoms with Crippen LogP contribution in [0.1, 0.15) is 18.5 Å². The lowest BCUT2D eigenvalue weighted by Crippen LogP contribution is -2.39. The Labute approximate surface area is 152 Å². The number of carbonyl (C=O) groups excluding carboxylic acids is 1. The Morgan fingerprint density at radius 1 is 1.30 bits per heavy atom. The van der Waals surface area contributed by atoms with Crippen LogP contribution in [-0.2, 0) is 11.3 Å². The van der Waals surface area contributed by atoms with Crippen molar-refractivity contribution in [1.82, 2.24) is 14.5 Å². The van der Waals surface area contributed by atoms with Crippen molar-refractivity contribution < 1.29 is 4.79 Å². The summed E-state index contributed by atoms with van der Waals surface area (Å²) < 4.78 is 4.39. The summed E-state index contributed by atoms with van der Waals surface area (Å²) in [5.41, 5.74) is 1.30. The zero-order valence-electron chi connectivity index (χ0n) is 11.9. The molecule has 1 aliphatic heterocycles. The molecule has 3 rings (SSSR count). The van der Waals surface area contributed by atoms with Crippen LogP contribution in [0, 0.1) is 0 Å². The van der Waals surface area contributed by atoms with Crippen molar-refractivity contribution in [2.75, 3.05) is 11.9 Å². The predicted molar refractivity (Wildman–Crippen MR) is 93.4 cm³/mol.